The molecule has 0 heterocycles. The number of carbonyl (C=O) groups is 1. The average molecular weight is 482 g/mol. The highest BCUT2D eigenvalue weighted by atomic mass is 79.9. The van der Waals surface area contributed by atoms with Gasteiger partial charge in [-0.05, 0) is 75.1 Å². The smallest absolute Gasteiger partial charge is 0.303 e. The molecule has 172 valence electrons. The van der Waals surface area contributed by atoms with Gasteiger partial charge in [-0.1, -0.05) is 97.5 Å². The summed E-state index contributed by atoms with van der Waals surface area (Å²) in [7, 11) is 0. The normalized spacial score (nSPS) is 12.7. The van der Waals surface area contributed by atoms with Crippen molar-refractivity contribution in [3.8, 4) is 0 Å². The maximum atomic E-state index is 10.5. The summed E-state index contributed by atoms with van der Waals surface area (Å²) in [5.41, 5.74) is 0. The molecular weight excluding hydrogens is 436 g/mol. The van der Waals surface area contributed by atoms with Gasteiger partial charge in [0.1, 0.15) is 0 Å². The molecule has 0 amide bonds. The fraction of sp³-hybridized carbons (Fsp3) is 0.667. The van der Waals surface area contributed by atoms with E-state index in [0.29, 0.717) is 6.42 Å². The third-order valence-corrected chi connectivity index (χ3v) is 5.68. The first-order chi connectivity index (χ1) is 14.7. The number of allylic oxidation sites excluding steroid dienone is 8. The number of halogens is 1. The van der Waals surface area contributed by atoms with Crippen molar-refractivity contribution in [3.05, 3.63) is 47.0 Å². The van der Waals surface area contributed by atoms with Crippen LogP contribution in [0.3, 0.4) is 0 Å². The lowest BCUT2D eigenvalue weighted by Gasteiger charge is -1.99. The molecule has 0 fully saturated rings. The fourth-order valence-electron chi connectivity index (χ4n) is 3.13. The van der Waals surface area contributed by atoms with E-state index in [0.717, 1.165) is 32.1 Å². The van der Waals surface area contributed by atoms with Gasteiger partial charge in [-0.25, -0.2) is 0 Å². The highest BCUT2D eigenvalue weighted by molar-refractivity contribution is 9.11. The van der Waals surface area contributed by atoms with E-state index in [4.69, 9.17) is 5.11 Å². The van der Waals surface area contributed by atoms with Crippen LogP contribution in [0.1, 0.15) is 116 Å². The molecule has 0 aliphatic carbocycles. The van der Waals surface area contributed by atoms with Gasteiger partial charge in [0.2, 0.25) is 0 Å². The second kappa shape index (κ2) is 24.2. The maximum Gasteiger partial charge on any atom is 0.303 e. The summed E-state index contributed by atoms with van der Waals surface area (Å²) in [4.78, 5) is 10.5. The van der Waals surface area contributed by atoms with Gasteiger partial charge in [0.25, 0.3) is 0 Å². The minimum Gasteiger partial charge on any atom is -0.481 e. The van der Waals surface area contributed by atoms with Crippen LogP contribution in [-0.4, -0.2) is 11.1 Å². The molecule has 2 nitrogen and oxygen atoms in total. The average Bonchev–Trinajstić information content (AvgIpc) is 2.72. The summed E-state index contributed by atoms with van der Waals surface area (Å²) in [6.45, 7) is 2.23. The zero-order chi connectivity index (χ0) is 22.1. The van der Waals surface area contributed by atoms with Crippen LogP contribution in [0.2, 0.25) is 0 Å². The Kier molecular flexibility index (Phi) is 23.3. The van der Waals surface area contributed by atoms with E-state index in [-0.39, 0.29) is 6.42 Å². The molecule has 0 saturated heterocycles. The number of carboxylic acids is 1. The van der Waals surface area contributed by atoms with Crippen molar-refractivity contribution in [2.75, 3.05) is 0 Å². The second-order valence-electron chi connectivity index (χ2n) is 7.95. The lowest BCUT2D eigenvalue weighted by molar-refractivity contribution is -0.137. The van der Waals surface area contributed by atoms with E-state index in [2.05, 4.69) is 65.4 Å². The Hall–Kier alpha value is -1.09. The van der Waals surface area contributed by atoms with E-state index in [1.54, 1.807) is 0 Å². The molecule has 0 unspecified atom stereocenters. The van der Waals surface area contributed by atoms with Gasteiger partial charge in [0.15, 0.2) is 0 Å². The molecule has 0 aliphatic heterocycles. The zero-order valence-corrected chi connectivity index (χ0v) is 20.9. The van der Waals surface area contributed by atoms with E-state index in [9.17, 15) is 4.79 Å². The van der Waals surface area contributed by atoms with E-state index >= 15 is 0 Å². The third kappa shape index (κ3) is 24.9. The Bertz CT molecular complexity index is 503. The molecule has 0 aliphatic rings. The van der Waals surface area contributed by atoms with Crippen molar-refractivity contribution in [1.82, 2.24) is 0 Å². The molecular formula is C27H45BrO2. The van der Waals surface area contributed by atoms with Crippen molar-refractivity contribution >= 4 is 21.9 Å². The quantitative estimate of drug-likeness (QED) is 0.131. The van der Waals surface area contributed by atoms with Crippen molar-refractivity contribution in [3.63, 3.8) is 0 Å². The van der Waals surface area contributed by atoms with Crippen LogP contribution >= 0.6 is 15.9 Å². The number of aliphatic carboxylic acids is 1. The van der Waals surface area contributed by atoms with Gasteiger partial charge >= 0.3 is 5.97 Å². The van der Waals surface area contributed by atoms with Crippen molar-refractivity contribution < 1.29 is 9.90 Å². The molecule has 0 rings (SSSR count). The Morgan fingerprint density at radius 2 is 1.13 bits per heavy atom. The number of hydrogen-bond acceptors (Lipinski definition) is 1. The predicted molar refractivity (Wildman–Crippen MR) is 136 cm³/mol. The van der Waals surface area contributed by atoms with Crippen LogP contribution in [-0.2, 0) is 4.79 Å². The lowest BCUT2D eigenvalue weighted by Crippen LogP contribution is -1.92. The van der Waals surface area contributed by atoms with Crippen molar-refractivity contribution in [2.45, 2.75) is 116 Å². The van der Waals surface area contributed by atoms with E-state index in [1.807, 2.05) is 0 Å². The Morgan fingerprint density at radius 1 is 0.633 bits per heavy atom. The Morgan fingerprint density at radius 3 is 1.70 bits per heavy atom. The molecule has 0 aromatic carbocycles. The molecule has 0 aromatic heterocycles. The first-order valence-electron chi connectivity index (χ1n) is 12.2. The van der Waals surface area contributed by atoms with Gasteiger partial charge < -0.3 is 5.11 Å². The van der Waals surface area contributed by atoms with Crippen LogP contribution in [0.15, 0.2) is 47.0 Å². The van der Waals surface area contributed by atoms with Crippen LogP contribution in [0.5, 0.6) is 0 Å². The summed E-state index contributed by atoms with van der Waals surface area (Å²) < 4.78 is 1.18. The Labute approximate surface area is 194 Å². The first kappa shape index (κ1) is 28.9. The maximum absolute atomic E-state index is 10.5. The summed E-state index contributed by atoms with van der Waals surface area (Å²) in [5.74, 6) is -0.714. The number of carboxylic acid groups (broad SMARTS) is 1. The minimum atomic E-state index is -0.714. The lowest BCUT2D eigenvalue weighted by atomic mass is 10.1. The zero-order valence-electron chi connectivity index (χ0n) is 19.3. The molecule has 0 spiro atoms. The first-order valence-corrected chi connectivity index (χ1v) is 13.0. The molecule has 30 heavy (non-hydrogen) atoms. The highest BCUT2D eigenvalue weighted by Crippen LogP contribution is 2.15. The summed E-state index contributed by atoms with van der Waals surface area (Å²) in [6, 6.07) is 0. The van der Waals surface area contributed by atoms with Crippen LogP contribution in [0.25, 0.3) is 0 Å². The van der Waals surface area contributed by atoms with Crippen LogP contribution < -0.4 is 0 Å². The second-order valence-corrected chi connectivity index (χ2v) is 8.97. The largest absolute Gasteiger partial charge is 0.481 e. The minimum absolute atomic E-state index is 0.251. The fourth-order valence-corrected chi connectivity index (χ4v) is 3.59. The molecule has 0 atom stereocenters. The van der Waals surface area contributed by atoms with Gasteiger partial charge in [0.05, 0.1) is 0 Å². The topological polar surface area (TPSA) is 37.3 Å². The molecule has 0 bridgehead atoms. The monoisotopic (exact) mass is 480 g/mol. The summed E-state index contributed by atoms with van der Waals surface area (Å²) in [5, 5.41) is 8.61. The SMILES string of the molecule is CCC/C=C\CCCCCCCC/C=C\CC/C=C\CC/C(Br)=C\CCCC(=O)O. The third-order valence-electron chi connectivity index (χ3n) is 4.96. The number of hydrogen-bond donors (Lipinski definition) is 1. The standard InChI is InChI=1S/C27H45BrO2/c1-2-3-4-5-6-7-8-9-10-11-12-13-14-15-16-17-18-19-20-23-26(28)24-21-22-25-27(29)30/h4-5,14-15,18-19,24H,2-3,6-13,16-17,20-23,25H2,1H3,(H,29,30)/b5-4-,15-14-,19-18-,26-24+. The Balaban J connectivity index is 3.38. The molecule has 0 aromatic rings. The van der Waals surface area contributed by atoms with Crippen molar-refractivity contribution in [2.24, 2.45) is 0 Å². The predicted octanol–water partition coefficient (Wildman–Crippen LogP) is 9.67. The number of unbranched alkanes of at least 4 members (excludes halogenated alkanes) is 10. The summed E-state index contributed by atoms with van der Waals surface area (Å²) >= 11 is 3.56. The molecule has 3 heteroatoms. The van der Waals surface area contributed by atoms with E-state index < -0.39 is 5.97 Å². The van der Waals surface area contributed by atoms with Gasteiger partial charge in [-0.15, -0.1) is 0 Å². The van der Waals surface area contributed by atoms with Gasteiger partial charge in [-0.2, -0.15) is 0 Å². The van der Waals surface area contributed by atoms with E-state index in [1.165, 1.54) is 68.7 Å². The summed E-state index contributed by atoms with van der Waals surface area (Å²) in [6.07, 6.45) is 35.3. The highest BCUT2D eigenvalue weighted by Gasteiger charge is 1.95. The molecule has 1 N–H and O–H groups in total. The van der Waals surface area contributed by atoms with Gasteiger partial charge in [-0.3, -0.25) is 4.79 Å². The van der Waals surface area contributed by atoms with Crippen LogP contribution in [0.4, 0.5) is 0 Å². The molecule has 0 radical (unpaired) electrons. The van der Waals surface area contributed by atoms with Crippen molar-refractivity contribution in [1.29, 1.82) is 0 Å². The van der Waals surface area contributed by atoms with Gasteiger partial charge in [0, 0.05) is 6.42 Å². The molecule has 0 saturated carbocycles. The number of rotatable bonds is 21. The van der Waals surface area contributed by atoms with Crippen LogP contribution in [0, 0.1) is 0 Å².